The summed E-state index contributed by atoms with van der Waals surface area (Å²) in [6, 6.07) is 11.4. The number of carboxylic acids is 1. The zero-order valence-corrected chi connectivity index (χ0v) is 29.2. The first-order chi connectivity index (χ1) is 24.6. The van der Waals surface area contributed by atoms with Gasteiger partial charge in [0.05, 0.1) is 23.7 Å². The summed E-state index contributed by atoms with van der Waals surface area (Å²) >= 11 is 6.42. The Bertz CT molecular complexity index is 2080. The van der Waals surface area contributed by atoms with Crippen LogP contribution in [0.25, 0.3) is 0 Å². The summed E-state index contributed by atoms with van der Waals surface area (Å²) in [7, 11) is -3.11. The largest absolute Gasteiger partial charge is 0.478 e. The maximum atomic E-state index is 13.0. The van der Waals surface area contributed by atoms with Gasteiger partial charge in [0, 0.05) is 55.4 Å². The third-order valence-corrected chi connectivity index (χ3v) is 10.8. The van der Waals surface area contributed by atoms with Gasteiger partial charge in [-0.25, -0.2) is 18.0 Å². The van der Waals surface area contributed by atoms with E-state index in [1.807, 2.05) is 0 Å². The van der Waals surface area contributed by atoms with Crippen molar-refractivity contribution in [3.8, 4) is 0 Å². The number of imide groups is 1. The average Bonchev–Trinajstić information content (AvgIpc) is 3.42. The monoisotopic (exact) mass is 756 g/mol. The van der Waals surface area contributed by atoms with Gasteiger partial charge >= 0.3 is 12.0 Å². The molecule has 274 valence electrons. The lowest BCUT2D eigenvalue weighted by Crippen LogP contribution is -2.52. The molecule has 5 amide bonds. The Morgan fingerprint density at radius 3 is 2.58 bits per heavy atom. The van der Waals surface area contributed by atoms with Crippen LogP contribution in [0, 0.1) is 10.1 Å². The number of hydrogen-bond acceptors (Lipinski definition) is 10. The number of amides is 5. The Labute approximate surface area is 302 Å². The van der Waals surface area contributed by atoms with Gasteiger partial charge in [-0.3, -0.25) is 29.8 Å². The zero-order chi connectivity index (χ0) is 37.7. The first-order valence-electron chi connectivity index (χ1n) is 15.8. The number of hydrogen-bond donors (Lipinski definition) is 4. The van der Waals surface area contributed by atoms with Crippen molar-refractivity contribution in [3.05, 3.63) is 97.6 Å². The predicted octanol–water partition coefficient (Wildman–Crippen LogP) is 2.91. The number of carboxylic acid groups (broad SMARTS) is 1. The van der Waals surface area contributed by atoms with Gasteiger partial charge in [0.25, 0.3) is 11.6 Å². The van der Waals surface area contributed by atoms with E-state index in [0.29, 0.717) is 39.9 Å². The van der Waals surface area contributed by atoms with Crippen LogP contribution in [0.15, 0.2) is 59.5 Å². The van der Waals surface area contributed by atoms with Crippen molar-refractivity contribution < 1.29 is 47.2 Å². The number of ether oxygens (including phenoxy) is 1. The molecule has 0 spiro atoms. The average molecular weight is 757 g/mol. The number of carbonyl (C=O) groups excluding carboxylic acids is 4. The molecule has 17 nitrogen and oxygen atoms in total. The topological polar surface area (TPSA) is 235 Å². The van der Waals surface area contributed by atoms with Crippen LogP contribution in [0.4, 0.5) is 16.2 Å². The van der Waals surface area contributed by atoms with Gasteiger partial charge in [-0.05, 0) is 59.9 Å². The second kappa shape index (κ2) is 15.9. The Hall–Kier alpha value is -5.43. The molecular weight excluding hydrogens is 724 g/mol. The SMILES string of the molecule is CN(CCOCCc1ccc(NC(=O)NCc2ccc3c(c2)CN(C2CCC(=O)NC2=O)C3=O)cc1Cl)S(=O)(=O)c1ccc(C(=O)O)cc1[N+](=O)[O-]. The second-order valence-electron chi connectivity index (χ2n) is 11.9. The van der Waals surface area contributed by atoms with Gasteiger partial charge in [0.15, 0.2) is 4.90 Å². The van der Waals surface area contributed by atoms with Crippen molar-refractivity contribution in [3.63, 3.8) is 0 Å². The van der Waals surface area contributed by atoms with E-state index in [9.17, 15) is 42.5 Å². The molecule has 1 fully saturated rings. The summed E-state index contributed by atoms with van der Waals surface area (Å²) in [5.41, 5.74) is 1.77. The minimum atomic E-state index is -4.33. The maximum Gasteiger partial charge on any atom is 0.335 e. The van der Waals surface area contributed by atoms with E-state index in [2.05, 4.69) is 16.0 Å². The smallest absolute Gasteiger partial charge is 0.335 e. The molecule has 0 saturated carbocycles. The minimum Gasteiger partial charge on any atom is -0.478 e. The fraction of sp³-hybridized carbons (Fsp3) is 0.303. The molecule has 1 unspecified atom stereocenters. The Morgan fingerprint density at radius 2 is 1.88 bits per heavy atom. The molecule has 1 saturated heterocycles. The first kappa shape index (κ1) is 37.8. The van der Waals surface area contributed by atoms with Gasteiger partial charge in [0.1, 0.15) is 6.04 Å². The van der Waals surface area contributed by atoms with E-state index in [4.69, 9.17) is 21.4 Å². The number of urea groups is 1. The maximum absolute atomic E-state index is 13.0. The summed E-state index contributed by atoms with van der Waals surface area (Å²) in [5.74, 6) is -2.57. The van der Waals surface area contributed by atoms with Crippen LogP contribution >= 0.6 is 11.6 Å². The quantitative estimate of drug-likeness (QED) is 0.0808. The number of sulfonamides is 1. The number of likely N-dealkylation sites (N-methyl/N-ethyl adjacent to an activating group) is 1. The molecule has 19 heteroatoms. The van der Waals surface area contributed by atoms with E-state index in [1.165, 1.54) is 11.9 Å². The molecule has 52 heavy (non-hydrogen) atoms. The van der Waals surface area contributed by atoms with E-state index < -0.39 is 55.0 Å². The summed E-state index contributed by atoms with van der Waals surface area (Å²) < 4.78 is 32.3. The Kier molecular flexibility index (Phi) is 11.5. The third-order valence-electron chi connectivity index (χ3n) is 8.51. The molecular formula is C33H33ClN6O11S. The highest BCUT2D eigenvalue weighted by Gasteiger charge is 2.39. The van der Waals surface area contributed by atoms with E-state index >= 15 is 0 Å². The number of rotatable bonds is 14. The number of nitro benzene ring substituents is 1. The van der Waals surface area contributed by atoms with Crippen LogP contribution in [-0.2, 0) is 43.9 Å². The molecule has 0 aromatic heterocycles. The molecule has 2 aliphatic rings. The van der Waals surface area contributed by atoms with Gasteiger partial charge < -0.3 is 25.4 Å². The molecule has 0 bridgehead atoms. The normalized spacial score (nSPS) is 15.7. The highest BCUT2D eigenvalue weighted by Crippen LogP contribution is 2.29. The fourth-order valence-corrected chi connectivity index (χ4v) is 7.26. The fourth-order valence-electron chi connectivity index (χ4n) is 5.70. The number of anilines is 1. The van der Waals surface area contributed by atoms with Crippen LogP contribution in [0.1, 0.15) is 50.2 Å². The molecule has 2 heterocycles. The number of nitro groups is 1. The summed E-state index contributed by atoms with van der Waals surface area (Å²) in [4.78, 5) is 71.8. The van der Waals surface area contributed by atoms with Crippen LogP contribution < -0.4 is 16.0 Å². The zero-order valence-electron chi connectivity index (χ0n) is 27.6. The van der Waals surface area contributed by atoms with Crippen LogP contribution in [0.5, 0.6) is 0 Å². The molecule has 0 radical (unpaired) electrons. The van der Waals surface area contributed by atoms with Crippen LogP contribution in [0.2, 0.25) is 5.02 Å². The van der Waals surface area contributed by atoms with Crippen molar-refractivity contribution in [2.75, 3.05) is 32.1 Å². The van der Waals surface area contributed by atoms with Gasteiger partial charge in [-0.2, -0.15) is 4.31 Å². The van der Waals surface area contributed by atoms with E-state index in [0.717, 1.165) is 22.0 Å². The van der Waals surface area contributed by atoms with Gasteiger partial charge in [-0.1, -0.05) is 29.8 Å². The first-order valence-corrected chi connectivity index (χ1v) is 17.6. The van der Waals surface area contributed by atoms with Crippen LogP contribution in [-0.4, -0.2) is 90.2 Å². The van der Waals surface area contributed by atoms with E-state index in [1.54, 1.807) is 36.4 Å². The summed E-state index contributed by atoms with van der Waals surface area (Å²) in [6.45, 7) is 0.336. The third kappa shape index (κ3) is 8.53. The van der Waals surface area contributed by atoms with Crippen molar-refractivity contribution in [2.24, 2.45) is 0 Å². The van der Waals surface area contributed by atoms with E-state index in [-0.39, 0.29) is 57.5 Å². The summed E-state index contributed by atoms with van der Waals surface area (Å²) in [6.07, 6.45) is 0.775. The molecule has 2 aliphatic heterocycles. The lowest BCUT2D eigenvalue weighted by atomic mass is 10.0. The highest BCUT2D eigenvalue weighted by molar-refractivity contribution is 7.89. The molecule has 4 N–H and O–H groups in total. The Morgan fingerprint density at radius 1 is 1.12 bits per heavy atom. The number of piperidine rings is 1. The summed E-state index contributed by atoms with van der Waals surface area (Å²) in [5, 5.41) is 28.6. The molecule has 5 rings (SSSR count). The Balaban J connectivity index is 1.06. The number of halogens is 1. The molecule has 3 aromatic carbocycles. The number of nitrogens with zero attached hydrogens (tertiary/aromatic N) is 3. The number of aromatic carboxylic acids is 1. The minimum absolute atomic E-state index is 0.0488. The second-order valence-corrected chi connectivity index (χ2v) is 14.4. The van der Waals surface area contributed by atoms with Gasteiger partial charge in [-0.15, -0.1) is 0 Å². The molecule has 1 atom stereocenters. The van der Waals surface area contributed by atoms with Crippen molar-refractivity contribution in [2.45, 2.75) is 43.3 Å². The standard InChI is InChI=1S/C33H33ClN6O11S/c1-38(52(49,50)28-8-4-21(32(44)45)15-27(28)40(47)48)11-13-51-12-10-20-3-5-23(16-25(20)34)36-33(46)35-17-19-2-6-24-22(14-19)18-39(31(24)43)26-7-9-29(41)37-30(26)42/h2-6,8,14-16,26H,7,9-13,17-18H2,1H3,(H,44,45)(H2,35,36,46)(H,37,41,42). The van der Waals surface area contributed by atoms with Crippen molar-refractivity contribution >= 4 is 62.7 Å². The van der Waals surface area contributed by atoms with Crippen molar-refractivity contribution in [1.29, 1.82) is 0 Å². The number of nitrogens with one attached hydrogen (secondary N) is 3. The highest BCUT2D eigenvalue weighted by atomic mass is 35.5. The van der Waals surface area contributed by atoms with Crippen molar-refractivity contribution in [1.82, 2.24) is 19.8 Å². The number of fused-ring (bicyclic) bond motifs is 1. The predicted molar refractivity (Wildman–Crippen MR) is 184 cm³/mol. The number of carbonyl (C=O) groups is 5. The lowest BCUT2D eigenvalue weighted by Gasteiger charge is -2.29. The van der Waals surface area contributed by atoms with Crippen LogP contribution in [0.3, 0.4) is 0 Å². The molecule has 0 aliphatic carbocycles. The molecule has 3 aromatic rings. The number of benzene rings is 3. The van der Waals surface area contributed by atoms with Gasteiger partial charge in [0.2, 0.25) is 21.8 Å². The lowest BCUT2D eigenvalue weighted by molar-refractivity contribution is -0.387.